The number of hydrogen-bond donors (Lipinski definition) is 1. The number of ketones is 1. The van der Waals surface area contributed by atoms with Crippen molar-refractivity contribution in [2.45, 2.75) is 32.1 Å². The van der Waals surface area contributed by atoms with Crippen LogP contribution < -0.4 is 4.74 Å². The van der Waals surface area contributed by atoms with Gasteiger partial charge in [-0.3, -0.25) is 4.79 Å². The van der Waals surface area contributed by atoms with Gasteiger partial charge in [-0.05, 0) is 18.9 Å². The van der Waals surface area contributed by atoms with E-state index in [9.17, 15) is 9.90 Å². The number of benzene rings is 2. The Balaban J connectivity index is 2.09. The van der Waals surface area contributed by atoms with E-state index in [1.807, 2.05) is 24.3 Å². The molecule has 0 saturated heterocycles. The van der Waals surface area contributed by atoms with E-state index in [4.69, 9.17) is 4.74 Å². The van der Waals surface area contributed by atoms with Crippen molar-refractivity contribution in [2.75, 3.05) is 7.11 Å². The summed E-state index contributed by atoms with van der Waals surface area (Å²) in [6.45, 7) is 0. The summed E-state index contributed by atoms with van der Waals surface area (Å²) in [5.74, 6) is 0.816. The van der Waals surface area contributed by atoms with Gasteiger partial charge in [-0.2, -0.15) is 0 Å². The molecule has 0 amide bonds. The van der Waals surface area contributed by atoms with Crippen molar-refractivity contribution >= 4 is 16.6 Å². The summed E-state index contributed by atoms with van der Waals surface area (Å²) in [6.07, 6.45) is 5.25. The van der Waals surface area contributed by atoms with Crippen molar-refractivity contribution in [1.29, 1.82) is 0 Å². The zero-order valence-electron chi connectivity index (χ0n) is 12.3. The van der Waals surface area contributed by atoms with Gasteiger partial charge < -0.3 is 9.84 Å². The van der Waals surface area contributed by atoms with E-state index in [0.29, 0.717) is 16.7 Å². The van der Waals surface area contributed by atoms with Crippen LogP contribution in [-0.2, 0) is 0 Å². The lowest BCUT2D eigenvalue weighted by molar-refractivity contribution is 0.0886. The van der Waals surface area contributed by atoms with E-state index in [0.717, 1.165) is 31.1 Å². The number of carbonyl (C=O) groups excluding carboxylic acids is 1. The van der Waals surface area contributed by atoms with Crippen molar-refractivity contribution in [3.8, 4) is 11.5 Å². The number of carbonyl (C=O) groups is 1. The Kier molecular flexibility index (Phi) is 3.82. The largest absolute Gasteiger partial charge is 0.507 e. The molecule has 1 fully saturated rings. The summed E-state index contributed by atoms with van der Waals surface area (Å²) < 4.78 is 5.40. The number of phenols is 1. The Bertz CT molecular complexity index is 669. The molecule has 0 heterocycles. The minimum atomic E-state index is 0.0375. The molecule has 0 unspecified atom stereocenters. The second kappa shape index (κ2) is 5.76. The number of rotatable bonds is 3. The van der Waals surface area contributed by atoms with E-state index < -0.39 is 0 Å². The maximum absolute atomic E-state index is 12.7. The molecule has 1 N–H and O–H groups in total. The van der Waals surface area contributed by atoms with Crippen molar-refractivity contribution in [3.05, 3.63) is 35.9 Å². The number of Topliss-reactive ketones (excluding diaryl/α,β-unsaturated/α-hetero) is 1. The summed E-state index contributed by atoms with van der Waals surface area (Å²) in [5, 5.41) is 12.0. The monoisotopic (exact) mass is 284 g/mol. The van der Waals surface area contributed by atoms with Gasteiger partial charge in [-0.1, -0.05) is 43.5 Å². The average Bonchev–Trinajstić information content (AvgIpc) is 2.56. The van der Waals surface area contributed by atoms with Crippen molar-refractivity contribution in [1.82, 2.24) is 0 Å². The molecule has 3 heteroatoms. The predicted molar refractivity (Wildman–Crippen MR) is 83.1 cm³/mol. The maximum Gasteiger partial charge on any atom is 0.169 e. The molecule has 1 aliphatic rings. The minimum absolute atomic E-state index is 0.0375. The quantitative estimate of drug-likeness (QED) is 0.854. The Morgan fingerprint density at radius 1 is 1.14 bits per heavy atom. The SMILES string of the molecule is COc1cc(C(=O)C2CCCCC2)c(O)c2ccccc12. The van der Waals surface area contributed by atoms with E-state index in [1.54, 1.807) is 13.2 Å². The molecule has 3 rings (SSSR count). The van der Waals surface area contributed by atoms with Gasteiger partial charge >= 0.3 is 0 Å². The van der Waals surface area contributed by atoms with Crippen molar-refractivity contribution < 1.29 is 14.6 Å². The number of methoxy groups -OCH3 is 1. The molecule has 21 heavy (non-hydrogen) atoms. The number of phenolic OH excluding ortho intramolecular Hbond substituents is 1. The highest BCUT2D eigenvalue weighted by molar-refractivity contribution is 6.07. The lowest BCUT2D eigenvalue weighted by Crippen LogP contribution is -2.18. The first kappa shape index (κ1) is 13.9. The van der Waals surface area contributed by atoms with Gasteiger partial charge in [-0.15, -0.1) is 0 Å². The molecular weight excluding hydrogens is 264 g/mol. The van der Waals surface area contributed by atoms with Crippen LogP contribution in [0.25, 0.3) is 10.8 Å². The fourth-order valence-corrected chi connectivity index (χ4v) is 3.27. The van der Waals surface area contributed by atoms with Crippen LogP contribution in [-0.4, -0.2) is 18.0 Å². The van der Waals surface area contributed by atoms with E-state index in [2.05, 4.69) is 0 Å². The van der Waals surface area contributed by atoms with Gasteiger partial charge in [0.15, 0.2) is 5.78 Å². The summed E-state index contributed by atoms with van der Waals surface area (Å²) in [5.41, 5.74) is 0.400. The Morgan fingerprint density at radius 3 is 2.48 bits per heavy atom. The van der Waals surface area contributed by atoms with Crippen LogP contribution in [0, 0.1) is 5.92 Å². The highest BCUT2D eigenvalue weighted by Crippen LogP contribution is 2.38. The lowest BCUT2D eigenvalue weighted by atomic mass is 9.83. The topological polar surface area (TPSA) is 46.5 Å². The molecule has 2 aromatic carbocycles. The number of ether oxygens (including phenoxy) is 1. The van der Waals surface area contributed by atoms with Gasteiger partial charge in [0, 0.05) is 16.7 Å². The number of hydrogen-bond acceptors (Lipinski definition) is 3. The number of fused-ring (bicyclic) bond motifs is 1. The van der Waals surface area contributed by atoms with Crippen LogP contribution >= 0.6 is 0 Å². The molecule has 1 aliphatic carbocycles. The second-order valence-electron chi connectivity index (χ2n) is 5.72. The van der Waals surface area contributed by atoms with Gasteiger partial charge in [-0.25, -0.2) is 0 Å². The fraction of sp³-hybridized carbons (Fsp3) is 0.389. The highest BCUT2D eigenvalue weighted by Gasteiger charge is 2.26. The standard InChI is InChI=1S/C18H20O3/c1-21-16-11-15(17(19)12-7-3-2-4-8-12)18(20)14-10-6-5-9-13(14)16/h5-6,9-12,20H,2-4,7-8H2,1H3. The molecule has 0 bridgehead atoms. The zero-order chi connectivity index (χ0) is 14.8. The van der Waals surface area contributed by atoms with Crippen molar-refractivity contribution in [2.24, 2.45) is 5.92 Å². The zero-order valence-corrected chi connectivity index (χ0v) is 12.3. The first-order valence-electron chi connectivity index (χ1n) is 7.55. The van der Waals surface area contributed by atoms with Gasteiger partial charge in [0.25, 0.3) is 0 Å². The van der Waals surface area contributed by atoms with E-state index >= 15 is 0 Å². The molecule has 1 saturated carbocycles. The molecule has 2 aromatic rings. The minimum Gasteiger partial charge on any atom is -0.507 e. The van der Waals surface area contributed by atoms with E-state index in [-0.39, 0.29) is 17.5 Å². The molecular formula is C18H20O3. The first-order valence-corrected chi connectivity index (χ1v) is 7.55. The molecule has 0 spiro atoms. The second-order valence-corrected chi connectivity index (χ2v) is 5.72. The Hall–Kier alpha value is -2.03. The summed E-state index contributed by atoms with van der Waals surface area (Å²) in [7, 11) is 1.59. The third kappa shape index (κ3) is 2.48. The Morgan fingerprint density at radius 2 is 1.81 bits per heavy atom. The Labute approximate surface area is 124 Å². The third-order valence-electron chi connectivity index (χ3n) is 4.44. The molecule has 0 aromatic heterocycles. The van der Waals surface area contributed by atoms with Gasteiger partial charge in [0.2, 0.25) is 0 Å². The van der Waals surface area contributed by atoms with Crippen LogP contribution in [0.1, 0.15) is 42.5 Å². The average molecular weight is 284 g/mol. The van der Waals surface area contributed by atoms with E-state index in [1.165, 1.54) is 6.42 Å². The van der Waals surface area contributed by atoms with Crippen LogP contribution in [0.4, 0.5) is 0 Å². The fourth-order valence-electron chi connectivity index (χ4n) is 3.27. The smallest absolute Gasteiger partial charge is 0.169 e. The molecule has 110 valence electrons. The van der Waals surface area contributed by atoms with Crippen LogP contribution in [0.15, 0.2) is 30.3 Å². The summed E-state index contributed by atoms with van der Waals surface area (Å²) in [6, 6.07) is 9.16. The normalized spacial score (nSPS) is 16.0. The molecule has 0 radical (unpaired) electrons. The highest BCUT2D eigenvalue weighted by atomic mass is 16.5. The molecule has 0 atom stereocenters. The van der Waals surface area contributed by atoms with Crippen LogP contribution in [0.2, 0.25) is 0 Å². The first-order chi connectivity index (χ1) is 10.2. The third-order valence-corrected chi connectivity index (χ3v) is 4.44. The lowest BCUT2D eigenvalue weighted by Gasteiger charge is -2.21. The predicted octanol–water partition coefficient (Wildman–Crippen LogP) is 4.32. The molecule has 0 aliphatic heterocycles. The van der Waals surface area contributed by atoms with Gasteiger partial charge in [0.05, 0.1) is 12.7 Å². The number of aromatic hydroxyl groups is 1. The summed E-state index contributed by atoms with van der Waals surface area (Å²) >= 11 is 0. The van der Waals surface area contributed by atoms with Gasteiger partial charge in [0.1, 0.15) is 11.5 Å². The molecule has 3 nitrogen and oxygen atoms in total. The maximum atomic E-state index is 12.7. The van der Waals surface area contributed by atoms with Crippen molar-refractivity contribution in [3.63, 3.8) is 0 Å². The van der Waals surface area contributed by atoms with Crippen LogP contribution in [0.3, 0.4) is 0 Å². The van der Waals surface area contributed by atoms with Crippen LogP contribution in [0.5, 0.6) is 11.5 Å². The summed E-state index contributed by atoms with van der Waals surface area (Å²) in [4.78, 5) is 12.7.